The molecular formula is C10H14N2O5. The molecule has 0 fully saturated rings. The van der Waals surface area contributed by atoms with E-state index in [1.54, 1.807) is 0 Å². The van der Waals surface area contributed by atoms with Crippen molar-refractivity contribution in [2.45, 2.75) is 18.1 Å². The third-order valence-corrected chi connectivity index (χ3v) is 2.58. The van der Waals surface area contributed by atoms with Crippen molar-refractivity contribution >= 4 is 11.8 Å². The van der Waals surface area contributed by atoms with Gasteiger partial charge in [0.2, 0.25) is 0 Å². The number of carbonyl (C=O) groups excluding carboxylic acids is 1. The number of carboxylic acids is 1. The lowest BCUT2D eigenvalue weighted by Crippen LogP contribution is -2.49. The zero-order valence-corrected chi connectivity index (χ0v) is 9.21. The van der Waals surface area contributed by atoms with Gasteiger partial charge < -0.3 is 15.5 Å². The van der Waals surface area contributed by atoms with Crippen molar-refractivity contribution in [1.29, 1.82) is 0 Å². The molecule has 0 saturated carbocycles. The number of aliphatic hydroxyl groups is 1. The minimum Gasteiger partial charge on any atom is -0.508 e. The Kier molecular flexibility index (Phi) is 4.00. The second-order valence-electron chi connectivity index (χ2n) is 3.66. The highest BCUT2D eigenvalue weighted by molar-refractivity contribution is 6.01. The van der Waals surface area contributed by atoms with E-state index in [-0.39, 0.29) is 12.2 Å². The molecule has 1 aliphatic carbocycles. The molecule has 7 nitrogen and oxygen atoms in total. The molecule has 0 saturated heterocycles. The molecule has 1 unspecified atom stereocenters. The Morgan fingerprint density at radius 3 is 2.76 bits per heavy atom. The number of rotatable bonds is 5. The van der Waals surface area contributed by atoms with Crippen molar-refractivity contribution in [2.75, 3.05) is 7.05 Å². The van der Waals surface area contributed by atoms with E-state index in [4.69, 9.17) is 16.1 Å². The summed E-state index contributed by atoms with van der Waals surface area (Å²) in [5.41, 5.74) is -1.56. The molecule has 0 heterocycles. The van der Waals surface area contributed by atoms with Crippen LogP contribution in [0.2, 0.25) is 0 Å². The number of hydrogen-bond acceptors (Lipinski definition) is 6. The molecule has 0 aromatic carbocycles. The van der Waals surface area contributed by atoms with Gasteiger partial charge in [-0.1, -0.05) is 0 Å². The first kappa shape index (κ1) is 13.4. The van der Waals surface area contributed by atoms with Gasteiger partial charge in [0.1, 0.15) is 11.8 Å². The van der Waals surface area contributed by atoms with Crippen molar-refractivity contribution in [3.05, 3.63) is 24.0 Å². The van der Waals surface area contributed by atoms with E-state index in [1.807, 2.05) is 0 Å². The number of aliphatic hydroxyl groups excluding tert-OH is 1. The summed E-state index contributed by atoms with van der Waals surface area (Å²) in [7, 11) is 1.45. The van der Waals surface area contributed by atoms with Gasteiger partial charge in [-0.2, -0.15) is 0 Å². The summed E-state index contributed by atoms with van der Waals surface area (Å²) in [6, 6.07) is -0.985. The molecule has 94 valence electrons. The molecule has 17 heavy (non-hydrogen) atoms. The summed E-state index contributed by atoms with van der Waals surface area (Å²) in [6.45, 7) is 0. The smallest absolute Gasteiger partial charge is 0.320 e. The van der Waals surface area contributed by atoms with E-state index < -0.39 is 23.4 Å². The maximum Gasteiger partial charge on any atom is 0.320 e. The molecule has 0 radical (unpaired) electrons. The van der Waals surface area contributed by atoms with E-state index in [9.17, 15) is 9.59 Å². The maximum atomic E-state index is 11.7. The minimum atomic E-state index is -1.56. The summed E-state index contributed by atoms with van der Waals surface area (Å²) < 4.78 is 0. The van der Waals surface area contributed by atoms with Crippen molar-refractivity contribution in [3.8, 4) is 0 Å². The van der Waals surface area contributed by atoms with Crippen LogP contribution in [0.5, 0.6) is 0 Å². The van der Waals surface area contributed by atoms with Crippen LogP contribution in [0.1, 0.15) is 6.42 Å². The first-order valence-electron chi connectivity index (χ1n) is 4.87. The first-order valence-corrected chi connectivity index (χ1v) is 4.87. The number of carbonyl (C=O) groups is 2. The van der Waals surface area contributed by atoms with Gasteiger partial charge in [0, 0.05) is 12.5 Å². The molecule has 5 N–H and O–H groups in total. The molecule has 7 heteroatoms. The van der Waals surface area contributed by atoms with E-state index in [0.717, 1.165) is 6.08 Å². The Morgan fingerprint density at radius 1 is 1.71 bits per heavy atom. The summed E-state index contributed by atoms with van der Waals surface area (Å²) in [5, 5.41) is 20.6. The summed E-state index contributed by atoms with van der Waals surface area (Å²) >= 11 is 0. The van der Waals surface area contributed by atoms with Gasteiger partial charge in [-0.05, 0) is 19.2 Å². The van der Waals surface area contributed by atoms with Crippen molar-refractivity contribution < 1.29 is 24.6 Å². The maximum absolute atomic E-state index is 11.7. The lowest BCUT2D eigenvalue weighted by atomic mass is 9.86. The van der Waals surface area contributed by atoms with Crippen LogP contribution in [0, 0.1) is 0 Å². The van der Waals surface area contributed by atoms with Crippen LogP contribution in [-0.4, -0.2) is 40.7 Å². The SMILES string of the molecule is CN[C@@H](CC1(ON)C=CC(O)=CC1=O)C(=O)O. The Labute approximate surface area is 97.5 Å². The highest BCUT2D eigenvalue weighted by Crippen LogP contribution is 2.25. The van der Waals surface area contributed by atoms with E-state index >= 15 is 0 Å². The van der Waals surface area contributed by atoms with Crippen LogP contribution >= 0.6 is 0 Å². The third kappa shape index (κ3) is 2.70. The molecule has 2 atom stereocenters. The predicted molar refractivity (Wildman–Crippen MR) is 58.0 cm³/mol. The number of nitrogens with one attached hydrogen (secondary N) is 1. The second-order valence-corrected chi connectivity index (χ2v) is 3.66. The molecule has 0 aromatic heterocycles. The topological polar surface area (TPSA) is 122 Å². The van der Waals surface area contributed by atoms with Crippen molar-refractivity contribution in [3.63, 3.8) is 0 Å². The van der Waals surface area contributed by atoms with Gasteiger partial charge in [0.15, 0.2) is 11.4 Å². The third-order valence-electron chi connectivity index (χ3n) is 2.58. The first-order chi connectivity index (χ1) is 7.95. The molecule has 0 aromatic rings. The van der Waals surface area contributed by atoms with Crippen LogP contribution in [0.25, 0.3) is 0 Å². The summed E-state index contributed by atoms with van der Waals surface area (Å²) in [4.78, 5) is 27.2. The van der Waals surface area contributed by atoms with E-state index in [1.165, 1.54) is 19.2 Å². The molecule has 0 bridgehead atoms. The molecule has 1 aliphatic rings. The number of allylic oxidation sites excluding steroid dienone is 1. The Balaban J connectivity index is 2.95. The Morgan fingerprint density at radius 2 is 2.35 bits per heavy atom. The van der Waals surface area contributed by atoms with Crippen LogP contribution < -0.4 is 11.2 Å². The Bertz CT molecular complexity index is 390. The van der Waals surface area contributed by atoms with Gasteiger partial charge in [0.05, 0.1) is 0 Å². The van der Waals surface area contributed by atoms with E-state index in [2.05, 4.69) is 10.2 Å². The normalized spacial score (nSPS) is 25.5. The average Bonchev–Trinajstić information content (AvgIpc) is 2.28. The monoisotopic (exact) mass is 242 g/mol. The quantitative estimate of drug-likeness (QED) is 0.468. The molecule has 0 aliphatic heterocycles. The zero-order chi connectivity index (χ0) is 13.1. The van der Waals surface area contributed by atoms with Crippen LogP contribution in [-0.2, 0) is 14.4 Å². The number of aliphatic carboxylic acids is 1. The fourth-order valence-electron chi connectivity index (χ4n) is 1.54. The van der Waals surface area contributed by atoms with Crippen molar-refractivity contribution in [2.24, 2.45) is 5.90 Å². The van der Waals surface area contributed by atoms with Crippen molar-refractivity contribution in [1.82, 2.24) is 5.32 Å². The van der Waals surface area contributed by atoms with Gasteiger partial charge in [-0.25, -0.2) is 5.90 Å². The molecule has 1 rings (SSSR count). The minimum absolute atomic E-state index is 0.172. The highest BCUT2D eigenvalue weighted by atomic mass is 16.6. The lowest BCUT2D eigenvalue weighted by molar-refractivity contribution is -0.144. The standard InChI is InChI=1S/C10H14N2O5/c1-12-7(9(15)16)5-10(17-11)3-2-6(13)4-8(10)14/h2-4,7,12-13H,5,11H2,1H3,(H,15,16)/t7-,10?/m0/s1. The predicted octanol–water partition coefficient (Wildman–Crippen LogP) is -0.741. The average molecular weight is 242 g/mol. The molecule has 0 spiro atoms. The van der Waals surface area contributed by atoms with Gasteiger partial charge in [0.25, 0.3) is 0 Å². The summed E-state index contributed by atoms with van der Waals surface area (Å²) in [6.07, 6.45) is 3.26. The number of hydrogen-bond donors (Lipinski definition) is 4. The second kappa shape index (κ2) is 5.09. The van der Waals surface area contributed by atoms with Crippen LogP contribution in [0.4, 0.5) is 0 Å². The summed E-state index contributed by atoms with van der Waals surface area (Å²) in [5.74, 6) is 3.13. The molecular weight excluding hydrogens is 228 g/mol. The number of ketones is 1. The highest BCUT2D eigenvalue weighted by Gasteiger charge is 2.41. The fraction of sp³-hybridized carbons (Fsp3) is 0.400. The van der Waals surface area contributed by atoms with Crippen LogP contribution in [0.15, 0.2) is 24.0 Å². The molecule has 0 amide bonds. The van der Waals surface area contributed by atoms with E-state index in [0.29, 0.717) is 0 Å². The number of likely N-dealkylation sites (N-methyl/N-ethyl adjacent to an activating group) is 1. The number of nitrogens with two attached hydrogens (primary N) is 1. The zero-order valence-electron chi connectivity index (χ0n) is 9.21. The van der Waals surface area contributed by atoms with Gasteiger partial charge >= 0.3 is 5.97 Å². The number of carboxylic acid groups (broad SMARTS) is 1. The largest absolute Gasteiger partial charge is 0.508 e. The fourth-order valence-corrected chi connectivity index (χ4v) is 1.54. The van der Waals surface area contributed by atoms with Gasteiger partial charge in [-0.3, -0.25) is 14.4 Å². The van der Waals surface area contributed by atoms with Gasteiger partial charge in [-0.15, -0.1) is 0 Å². The lowest BCUT2D eigenvalue weighted by Gasteiger charge is -2.29. The van der Waals surface area contributed by atoms with Crippen LogP contribution in [0.3, 0.4) is 0 Å². The Hall–Kier alpha value is -1.70.